The van der Waals surface area contributed by atoms with Crippen molar-refractivity contribution < 1.29 is 9.59 Å². The second kappa shape index (κ2) is 4.01. The summed E-state index contributed by atoms with van der Waals surface area (Å²) in [6.45, 7) is 7.24. The van der Waals surface area contributed by atoms with Gasteiger partial charge in [0.2, 0.25) is 0 Å². The maximum Gasteiger partial charge on any atom is 0.257 e. The number of aromatic nitrogens is 1. The highest BCUT2D eigenvalue weighted by molar-refractivity contribution is 6.06. The molecule has 1 heterocycles. The molecule has 17 heavy (non-hydrogen) atoms. The van der Waals surface area contributed by atoms with Crippen LogP contribution >= 0.6 is 0 Å². The Balaban J connectivity index is 2.79. The number of allylic oxidation sites excluding steroid dienone is 1. The molecule has 86 valence electrons. The molecular weight excluding hydrogens is 214 g/mol. The Morgan fingerprint density at radius 1 is 1.41 bits per heavy atom. The first-order valence-electron chi connectivity index (χ1n) is 5.31. The SMILES string of the molecule is C=C(C)C(=O)n1cc(C=O)c2ccc(C)cc21. The van der Waals surface area contributed by atoms with Crippen molar-refractivity contribution in [3.8, 4) is 0 Å². The van der Waals surface area contributed by atoms with Gasteiger partial charge in [-0.25, -0.2) is 0 Å². The average molecular weight is 227 g/mol. The van der Waals surface area contributed by atoms with Crippen LogP contribution in [0.2, 0.25) is 0 Å². The van der Waals surface area contributed by atoms with Crippen LogP contribution in [-0.2, 0) is 0 Å². The molecule has 1 aromatic heterocycles. The fourth-order valence-electron chi connectivity index (χ4n) is 1.83. The summed E-state index contributed by atoms with van der Waals surface area (Å²) >= 11 is 0. The van der Waals surface area contributed by atoms with Gasteiger partial charge in [-0.05, 0) is 25.5 Å². The molecule has 0 saturated heterocycles. The zero-order valence-corrected chi connectivity index (χ0v) is 9.86. The molecular formula is C14H13NO2. The summed E-state index contributed by atoms with van der Waals surface area (Å²) in [5.41, 5.74) is 2.76. The fraction of sp³-hybridized carbons (Fsp3) is 0.143. The number of hydrogen-bond donors (Lipinski definition) is 0. The number of aldehydes is 1. The third-order valence-corrected chi connectivity index (χ3v) is 2.70. The van der Waals surface area contributed by atoms with Gasteiger partial charge in [-0.3, -0.25) is 14.2 Å². The van der Waals surface area contributed by atoms with Crippen LogP contribution in [-0.4, -0.2) is 16.8 Å². The molecule has 0 N–H and O–H groups in total. The van der Waals surface area contributed by atoms with E-state index in [1.807, 2.05) is 25.1 Å². The molecule has 0 aliphatic heterocycles. The molecule has 0 atom stereocenters. The molecule has 0 amide bonds. The number of carbonyl (C=O) groups excluding carboxylic acids is 2. The maximum atomic E-state index is 11.9. The Morgan fingerprint density at radius 3 is 2.71 bits per heavy atom. The lowest BCUT2D eigenvalue weighted by atomic mass is 10.1. The minimum atomic E-state index is -0.186. The van der Waals surface area contributed by atoms with Crippen LogP contribution < -0.4 is 0 Å². The highest BCUT2D eigenvalue weighted by atomic mass is 16.2. The molecule has 0 fully saturated rings. The molecule has 3 heteroatoms. The van der Waals surface area contributed by atoms with Crippen molar-refractivity contribution >= 4 is 23.1 Å². The van der Waals surface area contributed by atoms with E-state index < -0.39 is 0 Å². The summed E-state index contributed by atoms with van der Waals surface area (Å²) in [6.07, 6.45) is 2.33. The number of hydrogen-bond acceptors (Lipinski definition) is 2. The van der Waals surface area contributed by atoms with Gasteiger partial charge in [0.1, 0.15) is 0 Å². The standard InChI is InChI=1S/C14H13NO2/c1-9(2)14(17)15-7-11(8-16)12-5-4-10(3)6-13(12)15/h4-8H,1H2,2-3H3. The van der Waals surface area contributed by atoms with Crippen LogP contribution in [0.3, 0.4) is 0 Å². The molecule has 0 saturated carbocycles. The second-order valence-corrected chi connectivity index (χ2v) is 4.18. The number of rotatable bonds is 2. The topological polar surface area (TPSA) is 39.1 Å². The lowest BCUT2D eigenvalue weighted by Gasteiger charge is -2.03. The first-order valence-corrected chi connectivity index (χ1v) is 5.31. The number of benzene rings is 1. The zero-order chi connectivity index (χ0) is 12.6. The van der Waals surface area contributed by atoms with E-state index in [-0.39, 0.29) is 5.91 Å². The molecule has 2 aromatic rings. The summed E-state index contributed by atoms with van der Waals surface area (Å²) in [7, 11) is 0. The summed E-state index contributed by atoms with van der Waals surface area (Å²) in [6, 6.07) is 5.67. The largest absolute Gasteiger partial charge is 0.298 e. The van der Waals surface area contributed by atoms with Crippen molar-refractivity contribution in [3.05, 3.63) is 47.7 Å². The van der Waals surface area contributed by atoms with Gasteiger partial charge in [0.25, 0.3) is 5.91 Å². The minimum absolute atomic E-state index is 0.186. The van der Waals surface area contributed by atoms with Crippen molar-refractivity contribution in [1.29, 1.82) is 0 Å². The smallest absolute Gasteiger partial charge is 0.257 e. The predicted molar refractivity (Wildman–Crippen MR) is 67.5 cm³/mol. The van der Waals surface area contributed by atoms with Crippen LogP contribution in [0, 0.1) is 6.92 Å². The molecule has 0 bridgehead atoms. The van der Waals surface area contributed by atoms with E-state index in [0.29, 0.717) is 11.1 Å². The molecule has 2 rings (SSSR count). The maximum absolute atomic E-state index is 11.9. The van der Waals surface area contributed by atoms with E-state index >= 15 is 0 Å². The summed E-state index contributed by atoms with van der Waals surface area (Å²) < 4.78 is 1.48. The van der Waals surface area contributed by atoms with Crippen LogP contribution in [0.4, 0.5) is 0 Å². The van der Waals surface area contributed by atoms with Crippen molar-refractivity contribution in [2.24, 2.45) is 0 Å². The lowest BCUT2D eigenvalue weighted by molar-refractivity contribution is 0.0960. The number of fused-ring (bicyclic) bond motifs is 1. The Morgan fingerprint density at radius 2 is 2.12 bits per heavy atom. The predicted octanol–water partition coefficient (Wildman–Crippen LogP) is 2.98. The Kier molecular flexibility index (Phi) is 2.68. The van der Waals surface area contributed by atoms with Crippen LogP contribution in [0.25, 0.3) is 10.9 Å². The van der Waals surface area contributed by atoms with Gasteiger partial charge in [-0.15, -0.1) is 0 Å². The highest BCUT2D eigenvalue weighted by Gasteiger charge is 2.13. The Hall–Kier alpha value is -2.16. The van der Waals surface area contributed by atoms with Gasteiger partial charge >= 0.3 is 0 Å². The third-order valence-electron chi connectivity index (χ3n) is 2.70. The van der Waals surface area contributed by atoms with E-state index in [2.05, 4.69) is 6.58 Å². The normalized spacial score (nSPS) is 10.5. The summed E-state index contributed by atoms with van der Waals surface area (Å²) in [5, 5.41) is 0.792. The molecule has 0 unspecified atom stereocenters. The second-order valence-electron chi connectivity index (χ2n) is 4.18. The summed E-state index contributed by atoms with van der Waals surface area (Å²) in [5.74, 6) is -0.186. The minimum Gasteiger partial charge on any atom is -0.298 e. The van der Waals surface area contributed by atoms with E-state index in [1.54, 1.807) is 13.1 Å². The van der Waals surface area contributed by atoms with E-state index in [0.717, 1.165) is 22.8 Å². The van der Waals surface area contributed by atoms with Crippen molar-refractivity contribution in [3.63, 3.8) is 0 Å². The Labute approximate surface area is 99.4 Å². The Bertz CT molecular complexity index is 635. The van der Waals surface area contributed by atoms with Crippen molar-refractivity contribution in [2.45, 2.75) is 13.8 Å². The van der Waals surface area contributed by atoms with Crippen molar-refractivity contribution in [1.82, 2.24) is 4.57 Å². The van der Waals surface area contributed by atoms with Crippen molar-refractivity contribution in [2.75, 3.05) is 0 Å². The van der Waals surface area contributed by atoms with Gasteiger partial charge < -0.3 is 0 Å². The van der Waals surface area contributed by atoms with Gasteiger partial charge in [0, 0.05) is 22.7 Å². The van der Waals surface area contributed by atoms with Crippen LogP contribution in [0.15, 0.2) is 36.5 Å². The molecule has 0 radical (unpaired) electrons. The molecule has 3 nitrogen and oxygen atoms in total. The first-order chi connectivity index (χ1) is 8.04. The van der Waals surface area contributed by atoms with Gasteiger partial charge in [-0.2, -0.15) is 0 Å². The van der Waals surface area contributed by atoms with Gasteiger partial charge in [0.05, 0.1) is 5.52 Å². The molecule has 1 aromatic carbocycles. The van der Waals surface area contributed by atoms with Gasteiger partial charge in [-0.1, -0.05) is 18.7 Å². The lowest BCUT2D eigenvalue weighted by Crippen LogP contribution is -2.09. The van der Waals surface area contributed by atoms with Crippen LogP contribution in [0.5, 0.6) is 0 Å². The van der Waals surface area contributed by atoms with Gasteiger partial charge in [0.15, 0.2) is 6.29 Å². The molecule has 0 spiro atoms. The third kappa shape index (κ3) is 1.80. The fourth-order valence-corrected chi connectivity index (χ4v) is 1.83. The van der Waals surface area contributed by atoms with E-state index in [1.165, 1.54) is 4.57 Å². The highest BCUT2D eigenvalue weighted by Crippen LogP contribution is 2.22. The summed E-state index contributed by atoms with van der Waals surface area (Å²) in [4.78, 5) is 22.9. The molecule has 0 aliphatic carbocycles. The number of nitrogens with zero attached hydrogens (tertiary/aromatic N) is 1. The zero-order valence-electron chi connectivity index (χ0n) is 9.86. The number of carbonyl (C=O) groups is 2. The monoisotopic (exact) mass is 227 g/mol. The van der Waals surface area contributed by atoms with Crippen LogP contribution in [0.1, 0.15) is 27.6 Å². The van der Waals surface area contributed by atoms with E-state index in [9.17, 15) is 9.59 Å². The average Bonchev–Trinajstić information content (AvgIpc) is 2.65. The van der Waals surface area contributed by atoms with E-state index in [4.69, 9.17) is 0 Å². The number of aryl methyl sites for hydroxylation is 1. The molecule has 0 aliphatic rings. The quantitative estimate of drug-likeness (QED) is 0.584. The first kappa shape index (κ1) is 11.3.